The van der Waals surface area contributed by atoms with Crippen LogP contribution >= 0.6 is 11.3 Å². The maximum absolute atomic E-state index is 13.5. The van der Waals surface area contributed by atoms with Gasteiger partial charge in [0.15, 0.2) is 0 Å². The number of para-hydroxylation sites is 1. The van der Waals surface area contributed by atoms with Gasteiger partial charge in [-0.25, -0.2) is 4.98 Å². The Hall–Kier alpha value is -3.00. The number of piperidine rings is 1. The van der Waals surface area contributed by atoms with Crippen molar-refractivity contribution < 1.29 is 9.59 Å². The Bertz CT molecular complexity index is 1380. The summed E-state index contributed by atoms with van der Waals surface area (Å²) in [7, 11) is 0. The van der Waals surface area contributed by atoms with Crippen molar-refractivity contribution in [3.05, 3.63) is 56.4 Å². The van der Waals surface area contributed by atoms with Crippen LogP contribution in [-0.2, 0) is 24.2 Å². The molecule has 0 atom stereocenters. The number of nitrogens with zero attached hydrogens (tertiary/aromatic N) is 4. The predicted octanol–water partition coefficient (Wildman–Crippen LogP) is 3.93. The molecule has 0 bridgehead atoms. The minimum atomic E-state index is -0.0596. The Kier molecular flexibility index (Phi) is 5.71. The van der Waals surface area contributed by atoms with E-state index in [1.807, 2.05) is 39.5 Å². The molecule has 0 N–H and O–H groups in total. The van der Waals surface area contributed by atoms with E-state index in [4.69, 9.17) is 4.98 Å². The van der Waals surface area contributed by atoms with Gasteiger partial charge < -0.3 is 9.80 Å². The second kappa shape index (κ2) is 8.90. The minimum absolute atomic E-state index is 0.00472. The highest BCUT2D eigenvalue weighted by atomic mass is 32.1. The smallest absolute Gasteiger partial charge is 0.264 e. The molecule has 5 heterocycles. The fourth-order valence-corrected chi connectivity index (χ4v) is 7.03. The van der Waals surface area contributed by atoms with Gasteiger partial charge in [-0.05, 0) is 56.2 Å². The van der Waals surface area contributed by atoms with E-state index in [9.17, 15) is 14.4 Å². The van der Waals surface area contributed by atoms with E-state index in [0.717, 1.165) is 55.7 Å². The summed E-state index contributed by atoms with van der Waals surface area (Å²) < 4.78 is 1.82. The lowest BCUT2D eigenvalue weighted by Gasteiger charge is -2.33. The Morgan fingerprint density at radius 3 is 2.63 bits per heavy atom. The molecule has 1 aromatic carbocycles. The molecule has 3 aliphatic heterocycles. The SMILES string of the molecule is Cc1c(C(=O)N2CCC(C(=O)N3CCc4ccccc43)CC2)sc2nc3n(c(=O)c12)CCCCC3. The summed E-state index contributed by atoms with van der Waals surface area (Å²) in [6.45, 7) is 4.44. The molecular formula is C27H30N4O3S. The van der Waals surface area contributed by atoms with Crippen molar-refractivity contribution in [1.29, 1.82) is 0 Å². The third-order valence-corrected chi connectivity index (χ3v) is 9.06. The van der Waals surface area contributed by atoms with E-state index in [0.29, 0.717) is 47.6 Å². The number of hydrogen-bond acceptors (Lipinski definition) is 5. The fraction of sp³-hybridized carbons (Fsp3) is 0.481. The van der Waals surface area contributed by atoms with Crippen LogP contribution in [0.1, 0.15) is 58.7 Å². The van der Waals surface area contributed by atoms with E-state index in [2.05, 4.69) is 6.07 Å². The van der Waals surface area contributed by atoms with Crippen LogP contribution < -0.4 is 10.5 Å². The largest absolute Gasteiger partial charge is 0.338 e. The number of carbonyl (C=O) groups is 2. The predicted molar refractivity (Wildman–Crippen MR) is 137 cm³/mol. The molecular weight excluding hydrogens is 460 g/mol. The lowest BCUT2D eigenvalue weighted by molar-refractivity contribution is -0.123. The van der Waals surface area contributed by atoms with Crippen molar-refractivity contribution in [3.63, 3.8) is 0 Å². The van der Waals surface area contributed by atoms with Gasteiger partial charge in [-0.2, -0.15) is 0 Å². The standard InChI is InChI=1S/C27H30N4O3S/c1-17-22-24(28-21-9-3-2-6-13-31(21)26(22)33)35-23(17)27(34)29-14-10-19(11-15-29)25(32)30-16-12-18-7-4-5-8-20(18)30/h4-5,7-8,19H,2-3,6,9-16H2,1H3. The first-order chi connectivity index (χ1) is 17.0. The molecule has 7 nitrogen and oxygen atoms in total. The van der Waals surface area contributed by atoms with Crippen molar-refractivity contribution in [3.8, 4) is 0 Å². The van der Waals surface area contributed by atoms with Gasteiger partial charge in [-0.3, -0.25) is 19.0 Å². The number of carbonyl (C=O) groups excluding carboxylic acids is 2. The molecule has 3 aromatic rings. The van der Waals surface area contributed by atoms with Crippen LogP contribution in [0, 0.1) is 12.8 Å². The maximum Gasteiger partial charge on any atom is 0.264 e. The monoisotopic (exact) mass is 490 g/mol. The van der Waals surface area contributed by atoms with Crippen molar-refractivity contribution >= 4 is 39.1 Å². The number of rotatable bonds is 2. The normalized spacial score (nSPS) is 18.4. The summed E-state index contributed by atoms with van der Waals surface area (Å²) in [5, 5.41) is 0.599. The zero-order valence-electron chi connectivity index (χ0n) is 20.1. The molecule has 1 fully saturated rings. The van der Waals surface area contributed by atoms with Crippen molar-refractivity contribution in [2.45, 2.75) is 58.4 Å². The number of likely N-dealkylation sites (tertiary alicyclic amines) is 1. The van der Waals surface area contributed by atoms with E-state index < -0.39 is 0 Å². The van der Waals surface area contributed by atoms with Crippen molar-refractivity contribution in [2.75, 3.05) is 24.5 Å². The van der Waals surface area contributed by atoms with Crippen LogP contribution in [-0.4, -0.2) is 45.9 Å². The van der Waals surface area contributed by atoms with Gasteiger partial charge in [0.25, 0.3) is 11.5 Å². The topological polar surface area (TPSA) is 75.5 Å². The van der Waals surface area contributed by atoms with Crippen LogP contribution in [0.2, 0.25) is 0 Å². The summed E-state index contributed by atoms with van der Waals surface area (Å²) >= 11 is 1.35. The molecule has 1 saturated heterocycles. The molecule has 2 aromatic heterocycles. The Morgan fingerprint density at radius 1 is 1.00 bits per heavy atom. The minimum Gasteiger partial charge on any atom is -0.338 e. The number of fused-ring (bicyclic) bond motifs is 3. The zero-order valence-corrected chi connectivity index (χ0v) is 20.9. The van der Waals surface area contributed by atoms with E-state index in [-0.39, 0.29) is 23.3 Å². The molecule has 8 heteroatoms. The maximum atomic E-state index is 13.5. The van der Waals surface area contributed by atoms with Crippen molar-refractivity contribution in [2.24, 2.45) is 5.92 Å². The van der Waals surface area contributed by atoms with Gasteiger partial charge in [0, 0.05) is 44.2 Å². The van der Waals surface area contributed by atoms with E-state index >= 15 is 0 Å². The zero-order chi connectivity index (χ0) is 24.1. The molecule has 0 radical (unpaired) electrons. The van der Waals surface area contributed by atoms with Crippen LogP contribution in [0.5, 0.6) is 0 Å². The van der Waals surface area contributed by atoms with Crippen molar-refractivity contribution in [1.82, 2.24) is 14.5 Å². The first-order valence-corrected chi connectivity index (χ1v) is 13.6. The van der Waals surface area contributed by atoms with E-state index in [1.54, 1.807) is 0 Å². The molecule has 6 rings (SSSR count). The molecule has 0 saturated carbocycles. The average molecular weight is 491 g/mol. The Morgan fingerprint density at radius 2 is 1.80 bits per heavy atom. The van der Waals surface area contributed by atoms with Gasteiger partial charge >= 0.3 is 0 Å². The molecule has 0 spiro atoms. The molecule has 182 valence electrons. The van der Waals surface area contributed by atoms with Crippen LogP contribution in [0.25, 0.3) is 10.2 Å². The second-order valence-electron chi connectivity index (χ2n) is 9.97. The molecule has 0 aliphatic carbocycles. The van der Waals surface area contributed by atoms with Crippen LogP contribution in [0.15, 0.2) is 29.1 Å². The number of thiophene rings is 1. The molecule has 3 aliphatic rings. The third kappa shape index (κ3) is 3.78. The van der Waals surface area contributed by atoms with Gasteiger partial charge in [0.1, 0.15) is 10.7 Å². The molecule has 2 amide bonds. The van der Waals surface area contributed by atoms with Crippen LogP contribution in [0.3, 0.4) is 0 Å². The number of aromatic nitrogens is 2. The summed E-state index contributed by atoms with van der Waals surface area (Å²) in [5.74, 6) is 0.931. The Labute approximate surface area is 208 Å². The van der Waals surface area contributed by atoms with E-state index in [1.165, 1.54) is 16.9 Å². The average Bonchev–Trinajstić information content (AvgIpc) is 3.36. The Balaban J connectivity index is 1.19. The highest BCUT2D eigenvalue weighted by Crippen LogP contribution is 2.33. The number of hydrogen-bond donors (Lipinski definition) is 0. The van der Waals surface area contributed by atoms with Gasteiger partial charge in [0.05, 0.1) is 10.3 Å². The summed E-state index contributed by atoms with van der Waals surface area (Å²) in [4.78, 5) is 49.9. The quantitative estimate of drug-likeness (QED) is 0.545. The number of aryl methyl sites for hydroxylation is 2. The summed E-state index contributed by atoms with van der Waals surface area (Å²) in [5.41, 5.74) is 3.01. The van der Waals surface area contributed by atoms with Gasteiger partial charge in [0.2, 0.25) is 5.91 Å². The fourth-order valence-electron chi connectivity index (χ4n) is 5.87. The summed E-state index contributed by atoms with van der Waals surface area (Å²) in [6.07, 6.45) is 6.21. The van der Waals surface area contributed by atoms with Gasteiger partial charge in [-0.15, -0.1) is 11.3 Å². The molecule has 35 heavy (non-hydrogen) atoms. The summed E-state index contributed by atoms with van der Waals surface area (Å²) in [6, 6.07) is 8.13. The lowest BCUT2D eigenvalue weighted by Crippen LogP contribution is -2.44. The highest BCUT2D eigenvalue weighted by Gasteiger charge is 2.34. The first kappa shape index (κ1) is 22.5. The lowest BCUT2D eigenvalue weighted by atomic mass is 9.95. The first-order valence-electron chi connectivity index (χ1n) is 12.7. The molecule has 0 unspecified atom stereocenters. The van der Waals surface area contributed by atoms with Gasteiger partial charge in [-0.1, -0.05) is 24.6 Å². The number of anilines is 1. The third-order valence-electron chi connectivity index (χ3n) is 7.89. The second-order valence-corrected chi connectivity index (χ2v) is 11.0. The number of benzene rings is 1. The van der Waals surface area contributed by atoms with Crippen LogP contribution in [0.4, 0.5) is 5.69 Å². The highest BCUT2D eigenvalue weighted by molar-refractivity contribution is 7.20. The number of amides is 2.